The molecule has 2 heterocycles. The summed E-state index contributed by atoms with van der Waals surface area (Å²) < 4.78 is 12.0. The normalized spacial score (nSPS) is 23.8. The fourth-order valence-electron chi connectivity index (χ4n) is 5.95. The number of benzene rings is 3. The lowest BCUT2D eigenvalue weighted by Gasteiger charge is -2.42. The Bertz CT molecular complexity index is 1190. The molecule has 0 radical (unpaired) electrons. The molecule has 2 aliphatic rings. The fraction of sp³-hybridized carbons (Fsp3) is 0.387. The minimum absolute atomic E-state index is 0.0221. The first-order chi connectivity index (χ1) is 18.0. The van der Waals surface area contributed by atoms with E-state index in [1.807, 2.05) is 29.2 Å². The fourth-order valence-corrected chi connectivity index (χ4v) is 5.95. The first-order valence-corrected chi connectivity index (χ1v) is 13.2. The van der Waals surface area contributed by atoms with Crippen molar-refractivity contribution in [2.75, 3.05) is 40.9 Å². The molecule has 2 aliphatic heterocycles. The molecule has 5 rings (SSSR count). The average molecular weight is 501 g/mol. The quantitative estimate of drug-likeness (QED) is 0.384. The monoisotopic (exact) mass is 500 g/mol. The van der Waals surface area contributed by atoms with E-state index in [4.69, 9.17) is 9.47 Å². The van der Waals surface area contributed by atoms with Crippen LogP contribution >= 0.6 is 0 Å². The topological polar surface area (TPSA) is 42.0 Å². The molecule has 1 unspecified atom stereocenters. The van der Waals surface area contributed by atoms with Crippen LogP contribution in [0.1, 0.15) is 35.6 Å². The second-order valence-corrected chi connectivity index (χ2v) is 10.6. The summed E-state index contributed by atoms with van der Waals surface area (Å²) in [5, 5.41) is 0. The molecule has 0 saturated carbocycles. The van der Waals surface area contributed by atoms with Crippen molar-refractivity contribution in [2.24, 2.45) is 0 Å². The van der Waals surface area contributed by atoms with Crippen LogP contribution in [-0.2, 0) is 13.1 Å². The van der Waals surface area contributed by atoms with Gasteiger partial charge in [-0.2, -0.15) is 0 Å². The van der Waals surface area contributed by atoms with Gasteiger partial charge in [0.15, 0.2) is 11.5 Å². The van der Waals surface area contributed by atoms with Gasteiger partial charge in [0.1, 0.15) is 6.54 Å². The van der Waals surface area contributed by atoms with E-state index in [9.17, 15) is 4.79 Å². The maximum absolute atomic E-state index is 13.9. The lowest BCUT2D eigenvalue weighted by Crippen LogP contribution is -2.54. The Morgan fingerprint density at radius 2 is 1.49 bits per heavy atom. The summed E-state index contributed by atoms with van der Waals surface area (Å²) in [6, 6.07) is 27.5. The van der Waals surface area contributed by atoms with E-state index in [1.165, 1.54) is 11.1 Å². The van der Waals surface area contributed by atoms with Gasteiger partial charge in [0, 0.05) is 37.5 Å². The highest BCUT2D eigenvalue weighted by molar-refractivity contribution is 5.78. The summed E-state index contributed by atoms with van der Waals surface area (Å²) >= 11 is 0. The Balaban J connectivity index is 1.33. The van der Waals surface area contributed by atoms with Crippen molar-refractivity contribution in [2.45, 2.75) is 38.0 Å². The molecule has 194 valence electrons. The van der Waals surface area contributed by atoms with Crippen LogP contribution in [0.3, 0.4) is 0 Å². The number of rotatable bonds is 8. The first-order valence-electron chi connectivity index (χ1n) is 13.2. The smallest absolute Gasteiger partial charge is 0.321 e. The van der Waals surface area contributed by atoms with Gasteiger partial charge < -0.3 is 23.8 Å². The third-order valence-corrected chi connectivity index (χ3v) is 8.07. The van der Waals surface area contributed by atoms with Crippen LogP contribution in [0.5, 0.6) is 11.5 Å². The number of urea groups is 1. The number of carbonyl (C=O) groups excluding carboxylic acids is 1. The average Bonchev–Trinajstić information content (AvgIpc) is 3.25. The lowest BCUT2D eigenvalue weighted by molar-refractivity contribution is -0.927. The highest BCUT2D eigenvalue weighted by Crippen LogP contribution is 2.36. The number of hydrogen-bond acceptors (Lipinski definition) is 3. The number of quaternary nitrogens is 1. The maximum atomic E-state index is 13.9. The van der Waals surface area contributed by atoms with Crippen LogP contribution in [0.15, 0.2) is 78.9 Å². The number of methoxy groups -OCH3 is 2. The van der Waals surface area contributed by atoms with E-state index in [1.54, 1.807) is 14.2 Å². The molecule has 1 atom stereocenters. The minimum Gasteiger partial charge on any atom is -0.493 e. The molecule has 3 aromatic carbocycles. The zero-order valence-electron chi connectivity index (χ0n) is 22.2. The van der Waals surface area contributed by atoms with Crippen molar-refractivity contribution >= 4 is 6.03 Å². The largest absolute Gasteiger partial charge is 0.493 e. The van der Waals surface area contributed by atoms with Crippen LogP contribution in [0.25, 0.3) is 0 Å². The molecule has 0 aliphatic carbocycles. The molecule has 37 heavy (non-hydrogen) atoms. The van der Waals surface area contributed by atoms with Gasteiger partial charge in [0.25, 0.3) is 0 Å². The van der Waals surface area contributed by atoms with Crippen molar-refractivity contribution in [3.63, 3.8) is 0 Å². The van der Waals surface area contributed by atoms with Gasteiger partial charge in [-0.05, 0) is 23.3 Å². The van der Waals surface area contributed by atoms with Gasteiger partial charge in [-0.25, -0.2) is 4.79 Å². The number of piperidine rings is 1. The van der Waals surface area contributed by atoms with Crippen molar-refractivity contribution in [3.05, 3.63) is 95.6 Å². The van der Waals surface area contributed by atoms with E-state index in [0.717, 1.165) is 49.1 Å². The number of ether oxygens (including phenoxy) is 2. The molecule has 6 heteroatoms. The van der Waals surface area contributed by atoms with E-state index >= 15 is 0 Å². The zero-order valence-corrected chi connectivity index (χ0v) is 22.2. The molecular weight excluding hydrogens is 462 g/mol. The van der Waals surface area contributed by atoms with Gasteiger partial charge >= 0.3 is 6.03 Å². The second kappa shape index (κ2) is 10.9. The molecule has 0 N–H and O–H groups in total. The number of nitrogens with zero attached hydrogens (tertiary/aromatic N) is 3. The van der Waals surface area contributed by atoms with E-state index < -0.39 is 0 Å². The van der Waals surface area contributed by atoms with Gasteiger partial charge in [-0.15, -0.1) is 0 Å². The van der Waals surface area contributed by atoms with Crippen molar-refractivity contribution in [1.82, 2.24) is 9.80 Å². The van der Waals surface area contributed by atoms with Crippen molar-refractivity contribution < 1.29 is 18.8 Å². The van der Waals surface area contributed by atoms with Crippen LogP contribution < -0.4 is 9.47 Å². The molecule has 0 aromatic heterocycles. The van der Waals surface area contributed by atoms with Crippen LogP contribution in [-0.4, -0.2) is 67.3 Å². The Kier molecular flexibility index (Phi) is 7.38. The number of amides is 2. The van der Waals surface area contributed by atoms with Crippen molar-refractivity contribution in [3.8, 4) is 11.5 Å². The molecule has 2 amide bonds. The predicted molar refractivity (Wildman–Crippen MR) is 145 cm³/mol. The third kappa shape index (κ3) is 5.44. The Labute approximate surface area is 220 Å². The zero-order chi connectivity index (χ0) is 25.8. The Morgan fingerprint density at radius 1 is 0.838 bits per heavy atom. The molecule has 3 aromatic rings. The molecule has 2 saturated heterocycles. The Morgan fingerprint density at radius 3 is 2.14 bits per heavy atom. The molecular formula is C31H38N3O3+. The van der Waals surface area contributed by atoms with E-state index in [2.05, 4.69) is 66.5 Å². The first kappa shape index (κ1) is 25.2. The summed E-state index contributed by atoms with van der Waals surface area (Å²) in [6.45, 7) is 4.45. The summed E-state index contributed by atoms with van der Waals surface area (Å²) in [5.41, 5.74) is 3.59. The molecule has 0 spiro atoms. The maximum Gasteiger partial charge on any atom is 0.321 e. The highest BCUT2D eigenvalue weighted by atomic mass is 16.5. The lowest BCUT2D eigenvalue weighted by atomic mass is 9.99. The van der Waals surface area contributed by atoms with Gasteiger partial charge in [0.05, 0.1) is 40.4 Å². The molecule has 0 bridgehead atoms. The second-order valence-electron chi connectivity index (χ2n) is 10.6. The Hall–Kier alpha value is -3.51. The van der Waals surface area contributed by atoms with Crippen LogP contribution in [0.2, 0.25) is 0 Å². The van der Waals surface area contributed by atoms with Crippen molar-refractivity contribution in [1.29, 1.82) is 0 Å². The standard InChI is InChI=1S/C31H38N3O3/c1-34(23-24-10-6-4-7-11-24)18-16-27(17-19-34)32-22-28(26-12-8-5-9-13-26)33(31(32)35)21-25-14-15-29(36-2)30(20-25)37-3/h4-15,20,27-28H,16-19,21-23H2,1-3H3/q+1. The summed E-state index contributed by atoms with van der Waals surface area (Å²) in [6.07, 6.45) is 2.06. The number of likely N-dealkylation sites (tertiary alicyclic amines) is 1. The summed E-state index contributed by atoms with van der Waals surface area (Å²) in [7, 11) is 5.63. The summed E-state index contributed by atoms with van der Waals surface area (Å²) in [5.74, 6) is 1.38. The highest BCUT2D eigenvalue weighted by Gasteiger charge is 2.43. The summed E-state index contributed by atoms with van der Waals surface area (Å²) in [4.78, 5) is 18.1. The van der Waals surface area contributed by atoms with E-state index in [0.29, 0.717) is 18.0 Å². The molecule has 2 fully saturated rings. The molecule has 6 nitrogen and oxygen atoms in total. The number of hydrogen-bond donors (Lipinski definition) is 0. The predicted octanol–water partition coefficient (Wildman–Crippen LogP) is 5.49. The SMILES string of the molecule is COc1ccc(CN2C(=O)N(C3CC[N+](C)(Cc4ccccc4)CC3)CC2c2ccccc2)cc1OC. The minimum atomic E-state index is 0.0221. The number of carbonyl (C=O) groups is 1. The van der Waals surface area contributed by atoms with E-state index in [-0.39, 0.29) is 18.1 Å². The third-order valence-electron chi connectivity index (χ3n) is 8.07. The van der Waals surface area contributed by atoms with Gasteiger partial charge in [0.2, 0.25) is 0 Å². The van der Waals surface area contributed by atoms with Gasteiger partial charge in [-0.1, -0.05) is 66.7 Å². The van der Waals surface area contributed by atoms with Crippen LogP contribution in [0, 0.1) is 0 Å². The van der Waals surface area contributed by atoms with Crippen LogP contribution in [0.4, 0.5) is 4.79 Å². The van der Waals surface area contributed by atoms with Gasteiger partial charge in [-0.3, -0.25) is 0 Å².